The monoisotopic (exact) mass is 191 g/mol. The first-order chi connectivity index (χ1) is 6.63. The molecule has 14 heavy (non-hydrogen) atoms. The number of benzene rings is 1. The average Bonchev–Trinajstić information content (AvgIpc) is 2.19. The molecule has 0 atom stereocenters. The molecular weight excluding hydrogens is 178 g/mol. The van der Waals surface area contributed by atoms with Crippen molar-refractivity contribution in [2.45, 2.75) is 13.8 Å². The molecule has 0 fully saturated rings. The highest BCUT2D eigenvalue weighted by atomic mass is 16.7. The molecule has 0 aliphatic carbocycles. The number of aryl methyl sites for hydroxylation is 2. The number of nitrogens with two attached hydrogens (primary N) is 1. The van der Waals surface area contributed by atoms with Crippen LogP contribution in [0.5, 0.6) is 0 Å². The van der Waals surface area contributed by atoms with Gasteiger partial charge in [0, 0.05) is 6.08 Å². The molecule has 2 N–H and O–H groups in total. The molecule has 1 aromatic rings. The van der Waals surface area contributed by atoms with Crippen LogP contribution in [-0.4, -0.2) is 5.97 Å². The summed E-state index contributed by atoms with van der Waals surface area (Å²) < 4.78 is 0. The molecule has 0 aromatic heterocycles. The van der Waals surface area contributed by atoms with Gasteiger partial charge in [-0.25, -0.2) is 4.79 Å². The Kier molecular flexibility index (Phi) is 3.42. The van der Waals surface area contributed by atoms with E-state index in [1.807, 2.05) is 32.0 Å². The second-order valence-electron chi connectivity index (χ2n) is 3.13. The highest BCUT2D eigenvalue weighted by molar-refractivity contribution is 5.87. The van der Waals surface area contributed by atoms with Crippen molar-refractivity contribution < 1.29 is 9.63 Å². The van der Waals surface area contributed by atoms with E-state index >= 15 is 0 Å². The van der Waals surface area contributed by atoms with E-state index in [0.717, 1.165) is 16.7 Å². The van der Waals surface area contributed by atoms with Gasteiger partial charge in [0.2, 0.25) is 0 Å². The van der Waals surface area contributed by atoms with E-state index in [-0.39, 0.29) is 0 Å². The first-order valence-electron chi connectivity index (χ1n) is 4.29. The molecule has 0 bridgehead atoms. The van der Waals surface area contributed by atoms with Gasteiger partial charge in [-0.05, 0) is 31.1 Å². The summed E-state index contributed by atoms with van der Waals surface area (Å²) in [5, 5.41) is 0. The van der Waals surface area contributed by atoms with Gasteiger partial charge in [-0.15, -0.1) is 0 Å². The maximum absolute atomic E-state index is 10.7. The minimum absolute atomic E-state index is 0.550. The van der Waals surface area contributed by atoms with E-state index in [4.69, 9.17) is 5.90 Å². The van der Waals surface area contributed by atoms with Gasteiger partial charge < -0.3 is 4.84 Å². The summed E-state index contributed by atoms with van der Waals surface area (Å²) in [6, 6.07) is 6.02. The molecule has 0 saturated heterocycles. The van der Waals surface area contributed by atoms with Crippen LogP contribution < -0.4 is 5.90 Å². The van der Waals surface area contributed by atoms with Crippen LogP contribution in [0.1, 0.15) is 16.7 Å². The molecule has 0 amide bonds. The number of carbonyl (C=O) groups is 1. The topological polar surface area (TPSA) is 52.3 Å². The zero-order chi connectivity index (χ0) is 10.6. The Morgan fingerprint density at radius 1 is 1.43 bits per heavy atom. The molecule has 0 aliphatic heterocycles. The maximum atomic E-state index is 10.7. The van der Waals surface area contributed by atoms with Crippen LogP contribution in [0.3, 0.4) is 0 Å². The molecule has 1 aromatic carbocycles. The molecular formula is C11H13NO2. The predicted octanol–water partition coefficient (Wildman–Crippen LogP) is 1.73. The molecule has 74 valence electrons. The van der Waals surface area contributed by atoms with Gasteiger partial charge in [-0.1, -0.05) is 23.8 Å². The van der Waals surface area contributed by atoms with Crippen molar-refractivity contribution in [2.24, 2.45) is 5.90 Å². The minimum atomic E-state index is -0.550. The van der Waals surface area contributed by atoms with Crippen molar-refractivity contribution in [1.29, 1.82) is 0 Å². The van der Waals surface area contributed by atoms with Crippen molar-refractivity contribution in [3.63, 3.8) is 0 Å². The Labute approximate surface area is 83.1 Å². The maximum Gasteiger partial charge on any atom is 0.349 e. The van der Waals surface area contributed by atoms with Crippen molar-refractivity contribution in [3.8, 4) is 0 Å². The fourth-order valence-corrected chi connectivity index (χ4v) is 1.14. The van der Waals surface area contributed by atoms with Crippen molar-refractivity contribution in [3.05, 3.63) is 41.0 Å². The minimum Gasteiger partial charge on any atom is -0.370 e. The zero-order valence-electron chi connectivity index (χ0n) is 8.28. The summed E-state index contributed by atoms with van der Waals surface area (Å²) in [6.07, 6.45) is 3.00. The quantitative estimate of drug-likeness (QED) is 0.572. The largest absolute Gasteiger partial charge is 0.370 e. The molecule has 0 saturated carbocycles. The average molecular weight is 191 g/mol. The van der Waals surface area contributed by atoms with Crippen LogP contribution in [-0.2, 0) is 9.63 Å². The molecule has 1 rings (SSSR count). The standard InChI is InChI=1S/C11H13NO2/c1-8-3-4-9(2)10(7-8)5-6-11(13)14-12/h3-7H,12H2,1-2H3/b6-5+. The fourth-order valence-electron chi connectivity index (χ4n) is 1.14. The lowest BCUT2D eigenvalue weighted by Gasteiger charge is -2.00. The molecule has 0 spiro atoms. The smallest absolute Gasteiger partial charge is 0.349 e. The normalized spacial score (nSPS) is 10.5. The lowest BCUT2D eigenvalue weighted by atomic mass is 10.1. The first-order valence-corrected chi connectivity index (χ1v) is 4.29. The number of rotatable bonds is 2. The third-order valence-corrected chi connectivity index (χ3v) is 1.95. The van der Waals surface area contributed by atoms with Gasteiger partial charge in [0.25, 0.3) is 0 Å². The lowest BCUT2D eigenvalue weighted by Crippen LogP contribution is -2.05. The molecule has 3 heteroatoms. The van der Waals surface area contributed by atoms with E-state index in [1.54, 1.807) is 6.08 Å². The first kappa shape index (κ1) is 10.5. The third-order valence-electron chi connectivity index (χ3n) is 1.95. The van der Waals surface area contributed by atoms with E-state index < -0.39 is 5.97 Å². The summed E-state index contributed by atoms with van der Waals surface area (Å²) in [7, 11) is 0. The van der Waals surface area contributed by atoms with E-state index in [9.17, 15) is 4.79 Å². The van der Waals surface area contributed by atoms with Gasteiger partial charge in [-0.3, -0.25) is 0 Å². The van der Waals surface area contributed by atoms with Gasteiger partial charge >= 0.3 is 5.97 Å². The van der Waals surface area contributed by atoms with Crippen molar-refractivity contribution in [1.82, 2.24) is 0 Å². The molecule has 0 aliphatic rings. The number of hydrogen-bond donors (Lipinski definition) is 1. The zero-order valence-corrected chi connectivity index (χ0v) is 8.28. The Balaban J connectivity index is 2.90. The van der Waals surface area contributed by atoms with Crippen LogP contribution in [0.25, 0.3) is 6.08 Å². The molecule has 3 nitrogen and oxygen atoms in total. The second kappa shape index (κ2) is 4.58. The highest BCUT2D eigenvalue weighted by Gasteiger charge is 1.96. The van der Waals surface area contributed by atoms with Gasteiger partial charge in [0.1, 0.15) is 0 Å². The van der Waals surface area contributed by atoms with Crippen LogP contribution in [0.2, 0.25) is 0 Å². The number of hydrogen-bond acceptors (Lipinski definition) is 3. The second-order valence-corrected chi connectivity index (χ2v) is 3.13. The van der Waals surface area contributed by atoms with Crippen molar-refractivity contribution in [2.75, 3.05) is 0 Å². The Hall–Kier alpha value is -1.61. The van der Waals surface area contributed by atoms with E-state index in [2.05, 4.69) is 4.84 Å². The summed E-state index contributed by atoms with van der Waals surface area (Å²) in [4.78, 5) is 14.8. The van der Waals surface area contributed by atoms with E-state index in [0.29, 0.717) is 0 Å². The fraction of sp³-hybridized carbons (Fsp3) is 0.182. The molecule has 0 unspecified atom stereocenters. The highest BCUT2D eigenvalue weighted by Crippen LogP contribution is 2.12. The third kappa shape index (κ3) is 2.71. The number of carbonyl (C=O) groups excluding carboxylic acids is 1. The summed E-state index contributed by atoms with van der Waals surface area (Å²) in [5.41, 5.74) is 3.25. The Bertz CT molecular complexity index is 370. The molecule has 0 heterocycles. The van der Waals surface area contributed by atoms with Crippen LogP contribution in [0, 0.1) is 13.8 Å². The Morgan fingerprint density at radius 3 is 2.79 bits per heavy atom. The lowest BCUT2D eigenvalue weighted by molar-refractivity contribution is -0.138. The SMILES string of the molecule is Cc1ccc(C)c(/C=C/C(=O)ON)c1. The van der Waals surface area contributed by atoms with Crippen molar-refractivity contribution >= 4 is 12.0 Å². The summed E-state index contributed by atoms with van der Waals surface area (Å²) in [6.45, 7) is 3.98. The molecule has 0 radical (unpaired) electrons. The van der Waals surface area contributed by atoms with Crippen LogP contribution >= 0.6 is 0 Å². The van der Waals surface area contributed by atoms with Crippen LogP contribution in [0.15, 0.2) is 24.3 Å². The van der Waals surface area contributed by atoms with Gasteiger partial charge in [-0.2, -0.15) is 5.90 Å². The van der Waals surface area contributed by atoms with Gasteiger partial charge in [0.15, 0.2) is 0 Å². The summed E-state index contributed by atoms with van der Waals surface area (Å²) in [5.74, 6) is 4.15. The van der Waals surface area contributed by atoms with Gasteiger partial charge in [0.05, 0.1) is 0 Å². The Morgan fingerprint density at radius 2 is 2.14 bits per heavy atom. The summed E-state index contributed by atoms with van der Waals surface area (Å²) >= 11 is 0. The van der Waals surface area contributed by atoms with Crippen LogP contribution in [0.4, 0.5) is 0 Å². The van der Waals surface area contributed by atoms with E-state index in [1.165, 1.54) is 6.08 Å². The predicted molar refractivity (Wildman–Crippen MR) is 55.2 cm³/mol.